The third-order valence-electron chi connectivity index (χ3n) is 1.24. The van der Waals surface area contributed by atoms with Gasteiger partial charge in [-0.3, -0.25) is 4.98 Å². The van der Waals surface area contributed by atoms with Gasteiger partial charge in [0.05, 0.1) is 0 Å². The maximum absolute atomic E-state index is 10.6. The van der Waals surface area contributed by atoms with E-state index < -0.39 is 0 Å². The molecule has 0 aliphatic carbocycles. The summed E-state index contributed by atoms with van der Waals surface area (Å²) < 4.78 is 0. The van der Waals surface area contributed by atoms with Crippen LogP contribution in [0.3, 0.4) is 0 Å². The highest BCUT2D eigenvalue weighted by molar-refractivity contribution is 5.52. The van der Waals surface area contributed by atoms with Crippen LogP contribution in [0.1, 0.15) is 0 Å². The van der Waals surface area contributed by atoms with Gasteiger partial charge in [-0.2, -0.15) is 0 Å². The van der Waals surface area contributed by atoms with Crippen LogP contribution in [0.4, 0.5) is 5.82 Å². The van der Waals surface area contributed by atoms with Crippen LogP contribution in [0.25, 0.3) is 0 Å². The Balaban J connectivity index is 2.42. The fourth-order valence-corrected chi connectivity index (χ4v) is 0.704. The van der Waals surface area contributed by atoms with Crippen molar-refractivity contribution in [2.24, 2.45) is 0 Å². The number of H-pyrrole nitrogens is 1. The lowest BCUT2D eigenvalue weighted by atomic mass is 10.6. The summed E-state index contributed by atoms with van der Waals surface area (Å²) in [7, 11) is 0. The molecule has 50 valence electrons. The van der Waals surface area contributed by atoms with Crippen molar-refractivity contribution in [3.63, 3.8) is 0 Å². The molecule has 1 aromatic rings. The first-order valence-electron chi connectivity index (χ1n) is 2.88. The van der Waals surface area contributed by atoms with Crippen molar-refractivity contribution in [3.8, 4) is 0 Å². The van der Waals surface area contributed by atoms with Crippen molar-refractivity contribution in [2.45, 2.75) is 0 Å². The highest BCUT2D eigenvalue weighted by Gasteiger charge is 2.07. The third kappa shape index (κ3) is 0.793. The number of nitrogens with zero attached hydrogens (tertiary/aromatic N) is 2. The number of anilines is 1. The quantitative estimate of drug-likeness (QED) is 0.592. The Bertz CT molecular complexity index is 322. The summed E-state index contributed by atoms with van der Waals surface area (Å²) >= 11 is 0. The van der Waals surface area contributed by atoms with Crippen LogP contribution in [0.2, 0.25) is 0 Å². The minimum Gasteiger partial charge on any atom is -0.307 e. The summed E-state index contributed by atoms with van der Waals surface area (Å²) in [6.45, 7) is 0. The summed E-state index contributed by atoms with van der Waals surface area (Å²) in [5.41, 5.74) is -0.314. The van der Waals surface area contributed by atoms with Gasteiger partial charge in [0.2, 0.25) is 0 Å². The Morgan fingerprint density at radius 3 is 2.90 bits per heavy atom. The molecule has 4 nitrogen and oxygen atoms in total. The molecule has 0 amide bonds. The minimum absolute atomic E-state index is 0.314. The van der Waals surface area contributed by atoms with Crippen LogP contribution in [0, 0.1) is 0 Å². The van der Waals surface area contributed by atoms with E-state index in [1.807, 2.05) is 17.3 Å². The smallest absolute Gasteiger partial charge is 0.307 e. The Hall–Kier alpha value is -1.58. The molecule has 1 aromatic heterocycles. The van der Waals surface area contributed by atoms with Gasteiger partial charge in [0.25, 0.3) is 0 Å². The molecule has 2 rings (SSSR count). The molecule has 4 heteroatoms. The molecule has 1 aliphatic heterocycles. The SMILES string of the molecule is O=c1nccc(N2C=C2)[nH]1. The van der Waals surface area contributed by atoms with Crippen molar-refractivity contribution >= 4 is 5.82 Å². The molecule has 10 heavy (non-hydrogen) atoms. The zero-order chi connectivity index (χ0) is 6.97. The van der Waals surface area contributed by atoms with E-state index in [2.05, 4.69) is 9.97 Å². The van der Waals surface area contributed by atoms with Crippen molar-refractivity contribution in [2.75, 3.05) is 4.90 Å². The van der Waals surface area contributed by atoms with Gasteiger partial charge >= 0.3 is 5.69 Å². The van der Waals surface area contributed by atoms with Crippen molar-refractivity contribution in [1.29, 1.82) is 0 Å². The number of hydrogen-bond donors (Lipinski definition) is 1. The molecule has 1 N–H and O–H groups in total. The van der Waals surface area contributed by atoms with Crippen molar-refractivity contribution in [1.82, 2.24) is 9.97 Å². The molecular formula is C6H5N3O. The van der Waals surface area contributed by atoms with Crippen molar-refractivity contribution in [3.05, 3.63) is 35.1 Å². The molecule has 0 bridgehead atoms. The number of rotatable bonds is 1. The predicted molar refractivity (Wildman–Crippen MR) is 36.5 cm³/mol. The summed E-state index contributed by atoms with van der Waals surface area (Å²) in [5.74, 6) is 0.764. The maximum Gasteiger partial charge on any atom is 0.346 e. The first-order valence-corrected chi connectivity index (χ1v) is 2.88. The zero-order valence-corrected chi connectivity index (χ0v) is 5.11. The van der Waals surface area contributed by atoms with E-state index in [9.17, 15) is 4.79 Å². The normalized spacial score (nSPS) is 13.8. The van der Waals surface area contributed by atoms with Crippen LogP contribution in [0.15, 0.2) is 29.5 Å². The van der Waals surface area contributed by atoms with Crippen LogP contribution in [0.5, 0.6) is 0 Å². The molecule has 0 atom stereocenters. The molecule has 0 unspecified atom stereocenters. The highest BCUT2D eigenvalue weighted by Crippen LogP contribution is 2.16. The number of aromatic amines is 1. The maximum atomic E-state index is 10.6. The molecule has 0 radical (unpaired) electrons. The van der Waals surface area contributed by atoms with Crippen LogP contribution >= 0.6 is 0 Å². The minimum atomic E-state index is -0.314. The monoisotopic (exact) mass is 135 g/mol. The van der Waals surface area contributed by atoms with Gasteiger partial charge in [0.15, 0.2) is 0 Å². The van der Waals surface area contributed by atoms with Crippen LogP contribution in [-0.4, -0.2) is 9.97 Å². The predicted octanol–water partition coefficient (Wildman–Crippen LogP) is 0.0611. The fraction of sp³-hybridized carbons (Fsp3) is 0. The zero-order valence-electron chi connectivity index (χ0n) is 5.11. The van der Waals surface area contributed by atoms with Gasteiger partial charge in [0.1, 0.15) is 5.82 Å². The van der Waals surface area contributed by atoms with Gasteiger partial charge in [-0.15, -0.1) is 0 Å². The summed E-state index contributed by atoms with van der Waals surface area (Å²) in [4.78, 5) is 18.5. The summed E-state index contributed by atoms with van der Waals surface area (Å²) in [5, 5.41) is 0. The fourth-order valence-electron chi connectivity index (χ4n) is 0.704. The Kier molecular flexibility index (Phi) is 0.887. The molecule has 1 aliphatic rings. The van der Waals surface area contributed by atoms with E-state index >= 15 is 0 Å². The second kappa shape index (κ2) is 1.70. The van der Waals surface area contributed by atoms with E-state index in [4.69, 9.17) is 0 Å². The first kappa shape index (κ1) is 5.22. The van der Waals surface area contributed by atoms with E-state index in [0.29, 0.717) is 0 Å². The molecule has 2 heterocycles. The van der Waals surface area contributed by atoms with E-state index in [1.165, 1.54) is 6.20 Å². The molecular weight excluding hydrogens is 130 g/mol. The largest absolute Gasteiger partial charge is 0.346 e. The number of hydrogen-bond acceptors (Lipinski definition) is 3. The van der Waals surface area contributed by atoms with E-state index in [1.54, 1.807) is 6.07 Å². The molecule has 0 aromatic carbocycles. The average Bonchev–Trinajstić information content (AvgIpc) is 2.68. The summed E-state index contributed by atoms with van der Waals surface area (Å²) in [6, 6.07) is 1.74. The third-order valence-corrected chi connectivity index (χ3v) is 1.24. The number of nitrogens with one attached hydrogen (secondary N) is 1. The topological polar surface area (TPSA) is 48.8 Å². The summed E-state index contributed by atoms with van der Waals surface area (Å²) in [6.07, 6.45) is 5.19. The van der Waals surface area contributed by atoms with Crippen LogP contribution < -0.4 is 10.6 Å². The number of aromatic nitrogens is 2. The molecule has 0 saturated heterocycles. The molecule has 0 spiro atoms. The van der Waals surface area contributed by atoms with E-state index in [-0.39, 0.29) is 5.69 Å². The second-order valence-electron chi connectivity index (χ2n) is 1.97. The van der Waals surface area contributed by atoms with Crippen molar-refractivity contribution < 1.29 is 0 Å². The van der Waals surface area contributed by atoms with Gasteiger partial charge in [0, 0.05) is 18.6 Å². The average molecular weight is 135 g/mol. The molecule has 0 saturated carbocycles. The Morgan fingerprint density at radius 1 is 1.50 bits per heavy atom. The highest BCUT2D eigenvalue weighted by atomic mass is 16.1. The lowest BCUT2D eigenvalue weighted by Gasteiger charge is -1.98. The van der Waals surface area contributed by atoms with Gasteiger partial charge in [-0.25, -0.2) is 9.78 Å². The molecule has 0 fully saturated rings. The Morgan fingerprint density at radius 2 is 2.30 bits per heavy atom. The lowest BCUT2D eigenvalue weighted by molar-refractivity contribution is 1.06. The van der Waals surface area contributed by atoms with Gasteiger partial charge in [-0.1, -0.05) is 0 Å². The lowest BCUT2D eigenvalue weighted by Crippen LogP contribution is -2.11. The standard InChI is InChI=1S/C6H5N3O/c10-6-7-2-1-5(8-6)9-3-4-9/h1-4H,(H,7,8,10). The van der Waals surface area contributed by atoms with Gasteiger partial charge in [-0.05, 0) is 6.07 Å². The Labute approximate surface area is 56.8 Å². The first-order chi connectivity index (χ1) is 4.86. The van der Waals surface area contributed by atoms with E-state index in [0.717, 1.165) is 5.82 Å². The van der Waals surface area contributed by atoms with Crippen LogP contribution in [-0.2, 0) is 0 Å². The van der Waals surface area contributed by atoms with Gasteiger partial charge < -0.3 is 4.90 Å². The second-order valence-corrected chi connectivity index (χ2v) is 1.97.